The molecule has 5 rings (SSSR count). The molecule has 3 fully saturated rings. The molecule has 1 heterocycles. The Balaban J connectivity index is 1.56. The molecule has 3 aliphatic carbocycles. The molecular formula is C27H38BrN5O2. The van der Waals surface area contributed by atoms with Crippen LogP contribution >= 0.6 is 15.9 Å². The van der Waals surface area contributed by atoms with Crippen LogP contribution in [0, 0.1) is 23.2 Å². The van der Waals surface area contributed by atoms with E-state index in [1.165, 1.54) is 11.1 Å². The van der Waals surface area contributed by atoms with E-state index in [0.717, 1.165) is 48.3 Å². The summed E-state index contributed by atoms with van der Waals surface area (Å²) < 4.78 is 1.82. The normalized spacial score (nSPS) is 25.1. The van der Waals surface area contributed by atoms with Gasteiger partial charge >= 0.3 is 0 Å². The van der Waals surface area contributed by atoms with Gasteiger partial charge in [-0.05, 0) is 77.9 Å². The average Bonchev–Trinajstić information content (AvgIpc) is 2.85. The van der Waals surface area contributed by atoms with Crippen LogP contribution in [0.2, 0.25) is 0 Å². The Kier molecular flexibility index (Phi) is 7.62. The van der Waals surface area contributed by atoms with Gasteiger partial charge in [0.25, 0.3) is 5.56 Å². The Labute approximate surface area is 217 Å². The van der Waals surface area contributed by atoms with Crippen LogP contribution in [0.1, 0.15) is 53.0 Å². The first-order valence-corrected chi connectivity index (χ1v) is 13.4. The first kappa shape index (κ1) is 25.8. The third-order valence-corrected chi connectivity index (χ3v) is 9.18. The van der Waals surface area contributed by atoms with Crippen LogP contribution in [0.15, 0.2) is 39.7 Å². The molecule has 0 unspecified atom stereocenters. The van der Waals surface area contributed by atoms with Crippen LogP contribution in [0.5, 0.6) is 0 Å². The molecule has 1 aromatic carbocycles. The van der Waals surface area contributed by atoms with E-state index >= 15 is 0 Å². The fraction of sp³-hybridized carbons (Fsp3) is 0.556. The van der Waals surface area contributed by atoms with Crippen LogP contribution in [-0.4, -0.2) is 36.0 Å². The van der Waals surface area contributed by atoms with Gasteiger partial charge in [-0.1, -0.05) is 32.9 Å². The minimum Gasteiger partial charge on any atom is -0.380 e. The molecule has 0 aliphatic heterocycles. The lowest BCUT2D eigenvalue weighted by Gasteiger charge is -2.62. The van der Waals surface area contributed by atoms with Gasteiger partial charge in [0, 0.05) is 30.4 Å². The van der Waals surface area contributed by atoms with E-state index in [1.54, 1.807) is 19.5 Å². The highest BCUT2D eigenvalue weighted by Crippen LogP contribution is 2.61. The van der Waals surface area contributed by atoms with Gasteiger partial charge in [0.15, 0.2) is 0 Å². The molecule has 0 radical (unpaired) electrons. The molecule has 2 N–H and O–H groups in total. The largest absolute Gasteiger partial charge is 0.380 e. The van der Waals surface area contributed by atoms with Crippen molar-refractivity contribution in [1.82, 2.24) is 15.3 Å². The molecule has 4 atom stereocenters. The molecule has 0 amide bonds. The molecule has 35 heavy (non-hydrogen) atoms. The van der Waals surface area contributed by atoms with Crippen molar-refractivity contribution in [1.29, 1.82) is 0 Å². The number of halogens is 1. The van der Waals surface area contributed by atoms with Crippen molar-refractivity contribution in [3.8, 4) is 0 Å². The third kappa shape index (κ3) is 4.87. The lowest BCUT2D eigenvalue weighted by atomic mass is 9.45. The lowest BCUT2D eigenvalue weighted by Crippen LogP contribution is -2.58. The molecule has 7 nitrogen and oxygen atoms in total. The molecule has 190 valence electrons. The summed E-state index contributed by atoms with van der Waals surface area (Å²) in [6.07, 6.45) is 5.84. The zero-order valence-corrected chi connectivity index (χ0v) is 23.2. The standard InChI is InChI=1S/C27H38BrN5O2/c1-7-32(8-2)20-11-9-18(10-12-20)24(31-35-6)16-33-26(34)25(28)23(15-29-33)30-22-14-19-13-21(17(22)3)27(19,4)5/h9-12,15-17,19,21-22,30-31H,7-8,13-14H2,1-6H3/t17-,19+,21-,22-/m1/s1. The lowest BCUT2D eigenvalue weighted by molar-refractivity contribution is -0.105. The maximum absolute atomic E-state index is 13.2. The van der Waals surface area contributed by atoms with Gasteiger partial charge in [-0.25, -0.2) is 4.68 Å². The fourth-order valence-electron chi connectivity index (χ4n) is 6.01. The number of nitrogens with zero attached hydrogens (tertiary/aromatic N) is 3. The SMILES string of the molecule is CCN(CC)c1ccc(C(=Cn2ncc(N[C@@H]3C[C@@H]4C[C@H]([C@H]3C)C4(C)C)c(Br)c2=O)NOC)cc1. The van der Waals surface area contributed by atoms with Crippen molar-refractivity contribution in [2.45, 2.75) is 53.5 Å². The van der Waals surface area contributed by atoms with E-state index in [9.17, 15) is 4.79 Å². The summed E-state index contributed by atoms with van der Waals surface area (Å²) in [5, 5.41) is 8.05. The molecule has 1 aromatic heterocycles. The monoisotopic (exact) mass is 543 g/mol. The minimum atomic E-state index is -0.223. The Hall–Kier alpha value is -2.32. The molecule has 0 saturated heterocycles. The number of hydrogen-bond acceptors (Lipinski definition) is 6. The van der Waals surface area contributed by atoms with Crippen molar-refractivity contribution < 1.29 is 4.84 Å². The van der Waals surface area contributed by atoms with Crippen LogP contribution in [0.25, 0.3) is 11.9 Å². The highest BCUT2D eigenvalue weighted by molar-refractivity contribution is 9.10. The molecule has 0 spiro atoms. The highest BCUT2D eigenvalue weighted by Gasteiger charge is 2.56. The number of fused-ring (bicyclic) bond motifs is 2. The number of rotatable bonds is 9. The summed E-state index contributed by atoms with van der Waals surface area (Å²) in [6, 6.07) is 8.52. The predicted molar refractivity (Wildman–Crippen MR) is 147 cm³/mol. The maximum atomic E-state index is 13.2. The van der Waals surface area contributed by atoms with Gasteiger partial charge in [0.2, 0.25) is 0 Å². The molecule has 2 bridgehead atoms. The van der Waals surface area contributed by atoms with Crippen LogP contribution in [0.4, 0.5) is 11.4 Å². The summed E-state index contributed by atoms with van der Waals surface area (Å²) in [6.45, 7) is 13.3. The second-order valence-corrected chi connectivity index (χ2v) is 11.2. The van der Waals surface area contributed by atoms with Gasteiger partial charge < -0.3 is 10.2 Å². The van der Waals surface area contributed by atoms with E-state index in [0.29, 0.717) is 27.5 Å². The third-order valence-electron chi connectivity index (χ3n) is 8.41. The average molecular weight is 545 g/mol. The van der Waals surface area contributed by atoms with Gasteiger partial charge in [-0.3, -0.25) is 15.1 Å². The van der Waals surface area contributed by atoms with Crippen LogP contribution < -0.4 is 21.3 Å². The Bertz CT molecular complexity index is 1120. The number of hydrogen-bond donors (Lipinski definition) is 2. The van der Waals surface area contributed by atoms with E-state index < -0.39 is 0 Å². The molecular weight excluding hydrogens is 506 g/mol. The predicted octanol–water partition coefficient (Wildman–Crippen LogP) is 5.44. The van der Waals surface area contributed by atoms with Gasteiger partial charge in [-0.15, -0.1) is 0 Å². The Morgan fingerprint density at radius 1 is 1.26 bits per heavy atom. The maximum Gasteiger partial charge on any atom is 0.287 e. The smallest absolute Gasteiger partial charge is 0.287 e. The van der Waals surface area contributed by atoms with E-state index in [-0.39, 0.29) is 5.56 Å². The Morgan fingerprint density at radius 2 is 1.94 bits per heavy atom. The molecule has 3 saturated carbocycles. The first-order chi connectivity index (χ1) is 16.7. The number of benzene rings is 1. The summed E-state index contributed by atoms with van der Waals surface area (Å²) in [7, 11) is 1.55. The van der Waals surface area contributed by atoms with Crippen molar-refractivity contribution >= 4 is 39.2 Å². The first-order valence-electron chi connectivity index (χ1n) is 12.6. The summed E-state index contributed by atoms with van der Waals surface area (Å²) in [4.78, 5) is 20.6. The minimum absolute atomic E-state index is 0.223. The van der Waals surface area contributed by atoms with Gasteiger partial charge in [0.05, 0.1) is 30.9 Å². The quantitative estimate of drug-likeness (QED) is 0.410. The highest BCUT2D eigenvalue weighted by atomic mass is 79.9. The number of anilines is 2. The topological polar surface area (TPSA) is 71.4 Å². The van der Waals surface area contributed by atoms with Gasteiger partial charge in [0.1, 0.15) is 4.47 Å². The summed E-state index contributed by atoms with van der Waals surface area (Å²) in [5.41, 5.74) is 6.54. The summed E-state index contributed by atoms with van der Waals surface area (Å²) in [5.74, 6) is 2.03. The fourth-order valence-corrected chi connectivity index (χ4v) is 6.41. The van der Waals surface area contributed by atoms with Crippen molar-refractivity contribution in [3.63, 3.8) is 0 Å². The number of hydroxylamine groups is 1. The van der Waals surface area contributed by atoms with Gasteiger partial charge in [-0.2, -0.15) is 5.10 Å². The second-order valence-electron chi connectivity index (χ2n) is 10.4. The number of nitrogens with one attached hydrogen (secondary N) is 2. The summed E-state index contributed by atoms with van der Waals surface area (Å²) >= 11 is 3.53. The molecule has 2 aromatic rings. The molecule has 3 aliphatic rings. The zero-order chi connectivity index (χ0) is 25.3. The van der Waals surface area contributed by atoms with Crippen molar-refractivity contribution in [2.24, 2.45) is 23.2 Å². The van der Waals surface area contributed by atoms with Crippen molar-refractivity contribution in [2.75, 3.05) is 30.4 Å². The van der Waals surface area contributed by atoms with Crippen LogP contribution in [0.3, 0.4) is 0 Å². The van der Waals surface area contributed by atoms with E-state index in [2.05, 4.69) is 83.5 Å². The second kappa shape index (κ2) is 10.3. The van der Waals surface area contributed by atoms with Crippen molar-refractivity contribution in [3.05, 3.63) is 50.9 Å². The molecule has 8 heteroatoms. The Morgan fingerprint density at radius 3 is 2.51 bits per heavy atom. The van der Waals surface area contributed by atoms with E-state index in [1.807, 2.05) is 12.1 Å². The van der Waals surface area contributed by atoms with E-state index in [4.69, 9.17) is 4.84 Å². The zero-order valence-electron chi connectivity index (χ0n) is 21.6. The van der Waals surface area contributed by atoms with Crippen LogP contribution in [-0.2, 0) is 4.84 Å². The number of aromatic nitrogens is 2.